The average Bonchev–Trinajstić information content (AvgIpc) is 2.85. The highest BCUT2D eigenvalue weighted by atomic mass is 35.5. The van der Waals surface area contributed by atoms with E-state index in [1.165, 1.54) is 16.6 Å². The molecule has 0 aliphatic carbocycles. The molecule has 2 nitrogen and oxygen atoms in total. The normalized spacial score (nSPS) is 12.7. The molecule has 108 valence electrons. The number of aryl methyl sites for hydroxylation is 2. The first-order valence-corrected chi connectivity index (χ1v) is 7.83. The third-order valence-corrected chi connectivity index (χ3v) is 4.20. The fourth-order valence-electron chi connectivity index (χ4n) is 2.98. The zero-order valence-corrected chi connectivity index (χ0v) is 13.1. The SMILES string of the molecule is Cc1ccccc1C(C)n1c(CCCl)nc2ccccc21. The fraction of sp³-hybridized carbons (Fsp3) is 0.278. The Morgan fingerprint density at radius 2 is 1.81 bits per heavy atom. The Morgan fingerprint density at radius 1 is 1.10 bits per heavy atom. The van der Waals surface area contributed by atoms with E-state index in [0.717, 1.165) is 17.8 Å². The van der Waals surface area contributed by atoms with Crippen LogP contribution in [0, 0.1) is 6.92 Å². The summed E-state index contributed by atoms with van der Waals surface area (Å²) >= 11 is 5.96. The van der Waals surface area contributed by atoms with Crippen molar-refractivity contribution in [3.8, 4) is 0 Å². The van der Waals surface area contributed by atoms with Crippen LogP contribution in [0.3, 0.4) is 0 Å². The van der Waals surface area contributed by atoms with Crippen molar-refractivity contribution >= 4 is 22.6 Å². The molecule has 0 amide bonds. The standard InChI is InChI=1S/C18H19ClN2/c1-13-7-3-4-8-15(13)14(2)21-17-10-6-5-9-16(17)20-18(21)11-12-19/h3-10,14H,11-12H2,1-2H3. The summed E-state index contributed by atoms with van der Waals surface area (Å²) in [7, 11) is 0. The van der Waals surface area contributed by atoms with Crippen LogP contribution in [-0.2, 0) is 6.42 Å². The molecule has 0 aliphatic rings. The number of rotatable bonds is 4. The molecular weight excluding hydrogens is 280 g/mol. The largest absolute Gasteiger partial charge is 0.321 e. The molecule has 1 heterocycles. The van der Waals surface area contributed by atoms with Crippen LogP contribution in [0.1, 0.15) is 29.9 Å². The van der Waals surface area contributed by atoms with Gasteiger partial charge in [-0.3, -0.25) is 0 Å². The maximum absolute atomic E-state index is 5.96. The molecule has 2 aromatic carbocycles. The van der Waals surface area contributed by atoms with Crippen LogP contribution in [0.15, 0.2) is 48.5 Å². The van der Waals surface area contributed by atoms with Crippen molar-refractivity contribution in [2.75, 3.05) is 5.88 Å². The van der Waals surface area contributed by atoms with Gasteiger partial charge in [0.25, 0.3) is 0 Å². The Morgan fingerprint density at radius 3 is 2.57 bits per heavy atom. The van der Waals surface area contributed by atoms with E-state index < -0.39 is 0 Å². The van der Waals surface area contributed by atoms with Gasteiger partial charge >= 0.3 is 0 Å². The molecule has 0 spiro atoms. The summed E-state index contributed by atoms with van der Waals surface area (Å²) in [4.78, 5) is 4.76. The van der Waals surface area contributed by atoms with Gasteiger partial charge in [-0.15, -0.1) is 11.6 Å². The molecule has 0 fully saturated rings. The molecule has 0 N–H and O–H groups in total. The van der Waals surface area contributed by atoms with Crippen LogP contribution in [0.25, 0.3) is 11.0 Å². The Hall–Kier alpha value is -1.80. The Balaban J connectivity index is 2.18. The molecule has 1 unspecified atom stereocenters. The van der Waals surface area contributed by atoms with Gasteiger partial charge in [-0.25, -0.2) is 4.98 Å². The minimum atomic E-state index is 0.247. The zero-order chi connectivity index (χ0) is 14.8. The van der Waals surface area contributed by atoms with Crippen molar-refractivity contribution in [2.24, 2.45) is 0 Å². The van der Waals surface area contributed by atoms with E-state index in [-0.39, 0.29) is 6.04 Å². The minimum Gasteiger partial charge on any atom is -0.321 e. The van der Waals surface area contributed by atoms with E-state index >= 15 is 0 Å². The number of hydrogen-bond acceptors (Lipinski definition) is 1. The summed E-state index contributed by atoms with van der Waals surface area (Å²) in [6.45, 7) is 4.39. The van der Waals surface area contributed by atoms with E-state index in [4.69, 9.17) is 16.6 Å². The molecule has 1 atom stereocenters. The van der Waals surface area contributed by atoms with E-state index in [0.29, 0.717) is 5.88 Å². The summed E-state index contributed by atoms with van der Waals surface area (Å²) in [5, 5.41) is 0. The van der Waals surface area contributed by atoms with Crippen molar-refractivity contribution < 1.29 is 0 Å². The van der Waals surface area contributed by atoms with Crippen LogP contribution >= 0.6 is 11.6 Å². The number of halogens is 1. The second-order valence-corrected chi connectivity index (χ2v) is 5.74. The van der Waals surface area contributed by atoms with Gasteiger partial charge in [0.1, 0.15) is 5.82 Å². The van der Waals surface area contributed by atoms with Crippen molar-refractivity contribution in [1.29, 1.82) is 0 Å². The van der Waals surface area contributed by atoms with E-state index in [1.807, 2.05) is 6.07 Å². The van der Waals surface area contributed by atoms with Crippen LogP contribution in [0.4, 0.5) is 0 Å². The lowest BCUT2D eigenvalue weighted by molar-refractivity contribution is 0.620. The van der Waals surface area contributed by atoms with Gasteiger partial charge in [-0.05, 0) is 37.1 Å². The number of nitrogens with zero attached hydrogens (tertiary/aromatic N) is 2. The van der Waals surface area contributed by atoms with Crippen molar-refractivity contribution in [3.05, 3.63) is 65.5 Å². The highest BCUT2D eigenvalue weighted by Gasteiger charge is 2.17. The summed E-state index contributed by atoms with van der Waals surface area (Å²) in [5.74, 6) is 1.64. The first-order valence-electron chi connectivity index (χ1n) is 7.29. The number of imidazole rings is 1. The fourth-order valence-corrected chi connectivity index (χ4v) is 3.15. The molecule has 0 aliphatic heterocycles. The number of hydrogen-bond donors (Lipinski definition) is 0. The number of aromatic nitrogens is 2. The highest BCUT2D eigenvalue weighted by molar-refractivity contribution is 6.17. The second kappa shape index (κ2) is 5.90. The van der Waals surface area contributed by atoms with Gasteiger partial charge in [-0.1, -0.05) is 36.4 Å². The highest BCUT2D eigenvalue weighted by Crippen LogP contribution is 2.28. The van der Waals surface area contributed by atoms with Crippen LogP contribution < -0.4 is 0 Å². The summed E-state index contributed by atoms with van der Waals surface area (Å²) < 4.78 is 2.32. The molecular formula is C18H19ClN2. The third-order valence-electron chi connectivity index (χ3n) is 4.01. The van der Waals surface area contributed by atoms with E-state index in [1.54, 1.807) is 0 Å². The number of para-hydroxylation sites is 2. The molecule has 21 heavy (non-hydrogen) atoms. The molecule has 0 bridgehead atoms. The Bertz CT molecular complexity index is 761. The summed E-state index contributed by atoms with van der Waals surface area (Å²) in [6.07, 6.45) is 0.784. The molecule has 3 rings (SSSR count). The Labute approximate surface area is 130 Å². The quantitative estimate of drug-likeness (QED) is 0.636. The van der Waals surface area contributed by atoms with Crippen LogP contribution in [-0.4, -0.2) is 15.4 Å². The van der Waals surface area contributed by atoms with Gasteiger partial charge in [0.15, 0.2) is 0 Å². The number of fused-ring (bicyclic) bond motifs is 1. The van der Waals surface area contributed by atoms with Crippen LogP contribution in [0.2, 0.25) is 0 Å². The van der Waals surface area contributed by atoms with Crippen molar-refractivity contribution in [3.63, 3.8) is 0 Å². The molecule has 0 saturated heterocycles. The molecule has 0 saturated carbocycles. The van der Waals surface area contributed by atoms with Gasteiger partial charge in [-0.2, -0.15) is 0 Å². The Kier molecular flexibility index (Phi) is 3.98. The van der Waals surface area contributed by atoms with Crippen molar-refractivity contribution in [2.45, 2.75) is 26.3 Å². The summed E-state index contributed by atoms with van der Waals surface area (Å²) in [6, 6.07) is 17.1. The molecule has 3 heteroatoms. The third kappa shape index (κ3) is 2.56. The number of benzene rings is 2. The van der Waals surface area contributed by atoms with Gasteiger partial charge < -0.3 is 4.57 Å². The van der Waals surface area contributed by atoms with Crippen molar-refractivity contribution in [1.82, 2.24) is 9.55 Å². The lowest BCUT2D eigenvalue weighted by Crippen LogP contribution is -2.12. The van der Waals surface area contributed by atoms with Gasteiger partial charge in [0, 0.05) is 12.3 Å². The first-order chi connectivity index (χ1) is 10.2. The van der Waals surface area contributed by atoms with Gasteiger partial charge in [0.2, 0.25) is 0 Å². The van der Waals surface area contributed by atoms with Crippen LogP contribution in [0.5, 0.6) is 0 Å². The lowest BCUT2D eigenvalue weighted by atomic mass is 10.0. The van der Waals surface area contributed by atoms with E-state index in [2.05, 4.69) is 60.9 Å². The predicted octanol–water partition coefficient (Wildman–Crippen LogP) is 4.74. The maximum atomic E-state index is 5.96. The lowest BCUT2D eigenvalue weighted by Gasteiger charge is -2.20. The minimum absolute atomic E-state index is 0.247. The van der Waals surface area contributed by atoms with E-state index in [9.17, 15) is 0 Å². The predicted molar refractivity (Wildman–Crippen MR) is 89.1 cm³/mol. The maximum Gasteiger partial charge on any atom is 0.111 e. The first kappa shape index (κ1) is 14.2. The molecule has 1 aromatic heterocycles. The average molecular weight is 299 g/mol. The monoisotopic (exact) mass is 298 g/mol. The number of alkyl halides is 1. The molecule has 3 aromatic rings. The van der Waals surface area contributed by atoms with Gasteiger partial charge in [0.05, 0.1) is 17.1 Å². The summed E-state index contributed by atoms with van der Waals surface area (Å²) in [5.41, 5.74) is 4.85. The topological polar surface area (TPSA) is 17.8 Å². The second-order valence-electron chi connectivity index (χ2n) is 5.36. The zero-order valence-electron chi connectivity index (χ0n) is 12.4. The smallest absolute Gasteiger partial charge is 0.111 e. The molecule has 0 radical (unpaired) electrons.